The molecule has 1 atom stereocenters. The maximum Gasteiger partial charge on any atom is 0.347 e. The van der Waals surface area contributed by atoms with Crippen molar-refractivity contribution in [1.82, 2.24) is 0 Å². The summed E-state index contributed by atoms with van der Waals surface area (Å²) in [6.07, 6.45) is 2.35. The van der Waals surface area contributed by atoms with Gasteiger partial charge in [0.1, 0.15) is 5.76 Å². The van der Waals surface area contributed by atoms with E-state index in [2.05, 4.69) is 4.74 Å². The first-order chi connectivity index (χ1) is 8.15. The number of hydrogen-bond donors (Lipinski definition) is 0. The van der Waals surface area contributed by atoms with E-state index in [0.717, 1.165) is 3.77 Å². The summed E-state index contributed by atoms with van der Waals surface area (Å²) >= 11 is 2.02. The molecule has 0 N–H and O–H groups in total. The molecule has 0 aromatic carbocycles. The van der Waals surface area contributed by atoms with Crippen LogP contribution in [0, 0.1) is 3.77 Å². The lowest BCUT2D eigenvalue weighted by Crippen LogP contribution is -2.21. The third kappa shape index (κ3) is 3.32. The van der Waals surface area contributed by atoms with Crippen molar-refractivity contribution in [3.8, 4) is 0 Å². The van der Waals surface area contributed by atoms with Crippen molar-refractivity contribution in [1.29, 1.82) is 0 Å². The fraction of sp³-hybridized carbons (Fsp3) is 0.273. The molecule has 0 aliphatic carbocycles. The summed E-state index contributed by atoms with van der Waals surface area (Å²) in [4.78, 5) is 22.4. The van der Waals surface area contributed by atoms with Gasteiger partial charge in [-0.15, -0.1) is 0 Å². The molecule has 1 saturated heterocycles. The van der Waals surface area contributed by atoms with Gasteiger partial charge in [0.05, 0.1) is 6.61 Å². The zero-order valence-corrected chi connectivity index (χ0v) is 10.9. The zero-order valence-electron chi connectivity index (χ0n) is 8.72. The van der Waals surface area contributed by atoms with E-state index in [1.54, 1.807) is 12.1 Å². The molecule has 2 heterocycles. The smallest absolute Gasteiger partial charge is 0.347 e. The summed E-state index contributed by atoms with van der Waals surface area (Å²) in [7, 11) is 0. The van der Waals surface area contributed by atoms with Crippen molar-refractivity contribution in [3.05, 3.63) is 27.7 Å². The molecule has 2 rings (SSSR count). The van der Waals surface area contributed by atoms with Gasteiger partial charge in [-0.3, -0.25) is 0 Å². The first kappa shape index (κ1) is 12.2. The van der Waals surface area contributed by atoms with E-state index in [9.17, 15) is 9.59 Å². The van der Waals surface area contributed by atoms with Crippen LogP contribution in [0.5, 0.6) is 0 Å². The van der Waals surface area contributed by atoms with Crippen LogP contribution in [0.25, 0.3) is 6.08 Å². The Kier molecular flexibility index (Phi) is 3.82. The lowest BCUT2D eigenvalue weighted by Gasteiger charge is -2.04. The third-order valence-electron chi connectivity index (χ3n) is 2.12. The predicted octanol–water partition coefficient (Wildman–Crippen LogP) is 1.76. The molecule has 1 aliphatic rings. The van der Waals surface area contributed by atoms with Gasteiger partial charge in [0, 0.05) is 12.5 Å². The summed E-state index contributed by atoms with van der Waals surface area (Å²) < 4.78 is 15.5. The molecule has 1 aliphatic heterocycles. The number of halogens is 1. The number of carbonyl (C=O) groups excluding carboxylic acids is 2. The van der Waals surface area contributed by atoms with Crippen molar-refractivity contribution in [2.75, 3.05) is 6.61 Å². The molecule has 1 fully saturated rings. The van der Waals surface area contributed by atoms with E-state index in [1.165, 1.54) is 12.2 Å². The molecule has 0 radical (unpaired) electrons. The number of esters is 2. The van der Waals surface area contributed by atoms with Crippen molar-refractivity contribution in [3.63, 3.8) is 0 Å². The molecule has 0 unspecified atom stereocenters. The van der Waals surface area contributed by atoms with Crippen LogP contribution in [0.3, 0.4) is 0 Å². The van der Waals surface area contributed by atoms with Crippen LogP contribution in [0.15, 0.2) is 22.6 Å². The van der Waals surface area contributed by atoms with Crippen molar-refractivity contribution < 1.29 is 23.5 Å². The second-order valence-electron chi connectivity index (χ2n) is 3.36. The molecule has 0 spiro atoms. The minimum absolute atomic E-state index is 0.302. The van der Waals surface area contributed by atoms with E-state index in [-0.39, 0.29) is 0 Å². The van der Waals surface area contributed by atoms with Crippen LogP contribution >= 0.6 is 22.6 Å². The largest absolute Gasteiger partial charge is 0.463 e. The molecule has 0 bridgehead atoms. The van der Waals surface area contributed by atoms with E-state index >= 15 is 0 Å². The van der Waals surface area contributed by atoms with Crippen molar-refractivity contribution >= 4 is 40.6 Å². The van der Waals surface area contributed by atoms with E-state index in [4.69, 9.17) is 9.15 Å². The van der Waals surface area contributed by atoms with Gasteiger partial charge in [-0.25, -0.2) is 9.59 Å². The third-order valence-corrected chi connectivity index (χ3v) is 2.70. The maximum absolute atomic E-state index is 11.4. The number of carbonyl (C=O) groups is 2. The molecule has 17 heavy (non-hydrogen) atoms. The summed E-state index contributed by atoms with van der Waals surface area (Å²) in [6.45, 7) is 0.302. The van der Waals surface area contributed by atoms with E-state index in [1.807, 2.05) is 22.6 Å². The first-order valence-electron chi connectivity index (χ1n) is 4.96. The molecular formula is C11H9IO5. The van der Waals surface area contributed by atoms with Crippen LogP contribution in [-0.4, -0.2) is 24.6 Å². The number of cyclic esters (lactones) is 1. The minimum Gasteiger partial charge on any atom is -0.463 e. The fourth-order valence-corrected chi connectivity index (χ4v) is 1.77. The molecular weight excluding hydrogens is 339 g/mol. The molecule has 5 nitrogen and oxygen atoms in total. The predicted molar refractivity (Wildman–Crippen MR) is 65.9 cm³/mol. The maximum atomic E-state index is 11.4. The Morgan fingerprint density at radius 2 is 2.35 bits per heavy atom. The lowest BCUT2D eigenvalue weighted by atomic mass is 10.3. The minimum atomic E-state index is -0.774. The Hall–Kier alpha value is -1.31. The summed E-state index contributed by atoms with van der Waals surface area (Å²) in [5.41, 5.74) is 0. The molecule has 6 heteroatoms. The van der Waals surface area contributed by atoms with Gasteiger partial charge < -0.3 is 13.9 Å². The Morgan fingerprint density at radius 1 is 1.53 bits per heavy atom. The number of furan rings is 1. The van der Waals surface area contributed by atoms with E-state index < -0.39 is 18.0 Å². The summed E-state index contributed by atoms with van der Waals surface area (Å²) in [5, 5.41) is 0. The lowest BCUT2D eigenvalue weighted by molar-refractivity contribution is -0.156. The van der Waals surface area contributed by atoms with Crippen LogP contribution in [-0.2, 0) is 19.1 Å². The van der Waals surface area contributed by atoms with Crippen LogP contribution < -0.4 is 0 Å². The van der Waals surface area contributed by atoms with Gasteiger partial charge in [-0.2, -0.15) is 0 Å². The van der Waals surface area contributed by atoms with Gasteiger partial charge in [0.15, 0.2) is 3.77 Å². The zero-order chi connectivity index (χ0) is 12.3. The van der Waals surface area contributed by atoms with Gasteiger partial charge in [0.2, 0.25) is 6.10 Å². The summed E-state index contributed by atoms with van der Waals surface area (Å²) in [6, 6.07) is 3.51. The highest BCUT2D eigenvalue weighted by Gasteiger charge is 2.29. The van der Waals surface area contributed by atoms with Crippen molar-refractivity contribution in [2.24, 2.45) is 0 Å². The highest BCUT2D eigenvalue weighted by Crippen LogP contribution is 2.13. The number of hydrogen-bond acceptors (Lipinski definition) is 5. The summed E-state index contributed by atoms with van der Waals surface area (Å²) in [5.74, 6) is -0.514. The average molecular weight is 348 g/mol. The molecule has 0 saturated carbocycles. The second kappa shape index (κ2) is 5.35. The Morgan fingerprint density at radius 3 is 2.94 bits per heavy atom. The normalized spacial score (nSPS) is 19.6. The van der Waals surface area contributed by atoms with Gasteiger partial charge in [-0.05, 0) is 40.8 Å². The SMILES string of the molecule is O=C(/C=C/c1ccc(I)o1)O[C@@H]1CCOC1=O. The first-order valence-corrected chi connectivity index (χ1v) is 6.04. The topological polar surface area (TPSA) is 65.7 Å². The molecule has 90 valence electrons. The average Bonchev–Trinajstić information content (AvgIpc) is 2.86. The highest BCUT2D eigenvalue weighted by atomic mass is 127. The highest BCUT2D eigenvalue weighted by molar-refractivity contribution is 14.1. The molecule has 1 aromatic rings. The number of rotatable bonds is 3. The quantitative estimate of drug-likeness (QED) is 0.473. The Bertz CT molecular complexity index is 462. The van der Waals surface area contributed by atoms with Gasteiger partial charge in [0.25, 0.3) is 0 Å². The molecule has 1 aromatic heterocycles. The number of ether oxygens (including phenoxy) is 2. The van der Waals surface area contributed by atoms with Crippen molar-refractivity contribution in [2.45, 2.75) is 12.5 Å². The van der Waals surface area contributed by atoms with Gasteiger partial charge >= 0.3 is 11.9 Å². The molecule has 0 amide bonds. The second-order valence-corrected chi connectivity index (χ2v) is 4.42. The Balaban J connectivity index is 1.88. The van der Waals surface area contributed by atoms with Gasteiger partial charge in [-0.1, -0.05) is 0 Å². The Labute approximate surface area is 111 Å². The van der Waals surface area contributed by atoms with E-state index in [0.29, 0.717) is 18.8 Å². The van der Waals surface area contributed by atoms with Crippen LogP contribution in [0.4, 0.5) is 0 Å². The monoisotopic (exact) mass is 348 g/mol. The standard InChI is InChI=1S/C11H9IO5/c12-9-3-1-7(16-9)2-4-10(13)17-8-5-6-15-11(8)14/h1-4,8H,5-6H2/b4-2+/t8-/m1/s1. The fourth-order valence-electron chi connectivity index (χ4n) is 1.33. The van der Waals surface area contributed by atoms with Crippen LogP contribution in [0.2, 0.25) is 0 Å². The van der Waals surface area contributed by atoms with Crippen LogP contribution in [0.1, 0.15) is 12.2 Å².